The van der Waals surface area contributed by atoms with Crippen LogP contribution in [0.2, 0.25) is 0 Å². The molecule has 1 heterocycles. The Kier molecular flexibility index (Phi) is 4.63. The Balaban J connectivity index is 1.98. The van der Waals surface area contributed by atoms with Crippen LogP contribution >= 0.6 is 0 Å². The van der Waals surface area contributed by atoms with Crippen molar-refractivity contribution in [1.82, 2.24) is 10.2 Å². The van der Waals surface area contributed by atoms with E-state index in [0.717, 1.165) is 38.2 Å². The molecule has 2 aromatic carbocycles. The van der Waals surface area contributed by atoms with Gasteiger partial charge in [-0.15, -0.1) is 0 Å². The predicted molar refractivity (Wildman–Crippen MR) is 83.7 cm³/mol. The minimum Gasteiger partial charge on any atom is -0.315 e. The summed E-state index contributed by atoms with van der Waals surface area (Å²) in [6.45, 7) is 4.05. The Morgan fingerprint density at radius 2 is 1.71 bits per heavy atom. The number of nitrogens with zero attached hydrogens (tertiary/aromatic N) is 1. The molecule has 21 heavy (non-hydrogen) atoms. The van der Waals surface area contributed by atoms with Crippen LogP contribution in [0.4, 0.5) is 4.39 Å². The van der Waals surface area contributed by atoms with E-state index < -0.39 is 0 Å². The molecule has 110 valence electrons. The molecule has 3 heteroatoms. The molecule has 0 radical (unpaired) electrons. The van der Waals surface area contributed by atoms with Crippen molar-refractivity contribution in [3.63, 3.8) is 0 Å². The normalized spacial score (nSPS) is 18.1. The highest BCUT2D eigenvalue weighted by atomic mass is 19.1. The molecule has 1 N–H and O–H groups in total. The largest absolute Gasteiger partial charge is 0.315 e. The van der Waals surface area contributed by atoms with E-state index in [2.05, 4.69) is 34.5 Å². The summed E-state index contributed by atoms with van der Waals surface area (Å²) < 4.78 is 13.7. The first-order chi connectivity index (χ1) is 10.3. The van der Waals surface area contributed by atoms with Crippen molar-refractivity contribution in [1.29, 1.82) is 0 Å². The Morgan fingerprint density at radius 3 is 2.52 bits per heavy atom. The van der Waals surface area contributed by atoms with E-state index in [4.69, 9.17) is 0 Å². The second kappa shape index (κ2) is 6.83. The maximum absolute atomic E-state index is 13.7. The van der Waals surface area contributed by atoms with Crippen molar-refractivity contribution >= 4 is 0 Å². The van der Waals surface area contributed by atoms with Crippen LogP contribution in [0.25, 0.3) is 0 Å². The molecular formula is C18H21FN2. The van der Waals surface area contributed by atoms with Crippen LogP contribution in [0.5, 0.6) is 0 Å². The molecule has 3 rings (SSSR count). The van der Waals surface area contributed by atoms with Gasteiger partial charge in [0, 0.05) is 19.6 Å². The molecule has 1 aliphatic rings. The summed E-state index contributed by atoms with van der Waals surface area (Å²) in [5, 5.41) is 3.43. The first-order valence-electron chi connectivity index (χ1n) is 7.60. The van der Waals surface area contributed by atoms with Gasteiger partial charge in [0.25, 0.3) is 0 Å². The molecule has 1 fully saturated rings. The zero-order chi connectivity index (χ0) is 14.5. The molecule has 0 spiro atoms. The van der Waals surface area contributed by atoms with E-state index in [1.807, 2.05) is 12.1 Å². The van der Waals surface area contributed by atoms with Crippen molar-refractivity contribution in [3.8, 4) is 0 Å². The second-order valence-corrected chi connectivity index (χ2v) is 5.51. The van der Waals surface area contributed by atoms with Crippen LogP contribution in [-0.2, 0) is 0 Å². The van der Waals surface area contributed by atoms with Gasteiger partial charge in [-0.3, -0.25) is 4.90 Å². The lowest BCUT2D eigenvalue weighted by atomic mass is 9.96. The molecular weight excluding hydrogens is 263 g/mol. The van der Waals surface area contributed by atoms with Gasteiger partial charge in [-0.2, -0.15) is 0 Å². The third kappa shape index (κ3) is 3.49. The summed E-state index contributed by atoms with van der Waals surface area (Å²) in [5.74, 6) is -0.165. The summed E-state index contributed by atoms with van der Waals surface area (Å²) in [4.78, 5) is 2.45. The highest BCUT2D eigenvalue weighted by molar-refractivity contribution is 5.32. The van der Waals surface area contributed by atoms with Gasteiger partial charge < -0.3 is 5.32 Å². The van der Waals surface area contributed by atoms with Crippen LogP contribution in [0.1, 0.15) is 23.6 Å². The smallest absolute Gasteiger partial charge is 0.123 e. The number of hydrogen-bond donors (Lipinski definition) is 1. The van der Waals surface area contributed by atoms with Crippen LogP contribution in [0.3, 0.4) is 0 Å². The minimum absolute atomic E-state index is 0.127. The third-order valence-electron chi connectivity index (χ3n) is 4.02. The van der Waals surface area contributed by atoms with Crippen LogP contribution in [-0.4, -0.2) is 31.1 Å². The molecule has 2 nitrogen and oxygen atoms in total. The fraction of sp³-hybridized carbons (Fsp3) is 0.333. The average molecular weight is 284 g/mol. The number of halogens is 1. The third-order valence-corrected chi connectivity index (χ3v) is 4.02. The van der Waals surface area contributed by atoms with Crippen molar-refractivity contribution < 1.29 is 4.39 Å². The molecule has 1 atom stereocenters. The predicted octanol–water partition coefficient (Wildman–Crippen LogP) is 3.21. The summed E-state index contributed by atoms with van der Waals surface area (Å²) in [6.07, 6.45) is 1.12. The molecule has 2 aromatic rings. The van der Waals surface area contributed by atoms with E-state index in [9.17, 15) is 4.39 Å². The van der Waals surface area contributed by atoms with Gasteiger partial charge in [0.1, 0.15) is 5.82 Å². The van der Waals surface area contributed by atoms with Gasteiger partial charge >= 0.3 is 0 Å². The van der Waals surface area contributed by atoms with Crippen LogP contribution < -0.4 is 5.32 Å². The Hall–Kier alpha value is -1.71. The lowest BCUT2D eigenvalue weighted by Crippen LogP contribution is -2.33. The monoisotopic (exact) mass is 284 g/mol. The SMILES string of the molecule is Fc1cccc(C(c2ccccc2)N2CCCNCC2)c1. The van der Waals surface area contributed by atoms with Gasteiger partial charge in [-0.05, 0) is 36.2 Å². The first kappa shape index (κ1) is 14.2. The summed E-state index contributed by atoms with van der Waals surface area (Å²) >= 11 is 0. The highest BCUT2D eigenvalue weighted by Crippen LogP contribution is 2.29. The average Bonchev–Trinajstić information content (AvgIpc) is 2.78. The Bertz CT molecular complexity index is 562. The molecule has 0 amide bonds. The van der Waals surface area contributed by atoms with Gasteiger partial charge in [-0.25, -0.2) is 4.39 Å². The molecule has 0 aromatic heterocycles. The summed E-state index contributed by atoms with van der Waals surface area (Å²) in [5.41, 5.74) is 2.26. The minimum atomic E-state index is -0.165. The van der Waals surface area contributed by atoms with E-state index >= 15 is 0 Å². The lowest BCUT2D eigenvalue weighted by Gasteiger charge is -2.31. The van der Waals surface area contributed by atoms with Gasteiger partial charge in [-0.1, -0.05) is 42.5 Å². The second-order valence-electron chi connectivity index (χ2n) is 5.51. The Morgan fingerprint density at radius 1 is 0.905 bits per heavy atom. The summed E-state index contributed by atoms with van der Waals surface area (Å²) in [6, 6.07) is 17.5. The van der Waals surface area contributed by atoms with Gasteiger partial charge in [0.15, 0.2) is 0 Å². The standard InChI is InChI=1S/C18H21FN2/c19-17-9-4-8-16(14-17)18(15-6-2-1-3-7-15)21-12-5-10-20-11-13-21/h1-4,6-9,14,18,20H,5,10-13H2. The van der Waals surface area contributed by atoms with Gasteiger partial charge in [0.2, 0.25) is 0 Å². The molecule has 1 saturated heterocycles. The molecule has 1 aliphatic heterocycles. The topological polar surface area (TPSA) is 15.3 Å². The number of nitrogens with one attached hydrogen (secondary N) is 1. The van der Waals surface area contributed by atoms with Crippen molar-refractivity contribution in [2.24, 2.45) is 0 Å². The summed E-state index contributed by atoms with van der Waals surface area (Å²) in [7, 11) is 0. The van der Waals surface area contributed by atoms with Crippen molar-refractivity contribution in [2.45, 2.75) is 12.5 Å². The number of benzene rings is 2. The van der Waals surface area contributed by atoms with Crippen molar-refractivity contribution in [3.05, 3.63) is 71.5 Å². The first-order valence-corrected chi connectivity index (χ1v) is 7.60. The van der Waals surface area contributed by atoms with E-state index in [-0.39, 0.29) is 11.9 Å². The van der Waals surface area contributed by atoms with Crippen molar-refractivity contribution in [2.75, 3.05) is 26.2 Å². The van der Waals surface area contributed by atoms with Crippen LogP contribution in [0.15, 0.2) is 54.6 Å². The quantitative estimate of drug-likeness (QED) is 0.931. The number of rotatable bonds is 3. The van der Waals surface area contributed by atoms with E-state index in [1.165, 1.54) is 11.6 Å². The van der Waals surface area contributed by atoms with Gasteiger partial charge in [0.05, 0.1) is 6.04 Å². The zero-order valence-electron chi connectivity index (χ0n) is 12.1. The van der Waals surface area contributed by atoms with E-state index in [1.54, 1.807) is 12.1 Å². The molecule has 0 bridgehead atoms. The zero-order valence-corrected chi connectivity index (χ0v) is 12.1. The maximum atomic E-state index is 13.7. The fourth-order valence-electron chi connectivity index (χ4n) is 3.05. The maximum Gasteiger partial charge on any atom is 0.123 e. The fourth-order valence-corrected chi connectivity index (χ4v) is 3.05. The lowest BCUT2D eigenvalue weighted by molar-refractivity contribution is 0.240. The molecule has 1 unspecified atom stereocenters. The molecule has 0 aliphatic carbocycles. The van der Waals surface area contributed by atoms with Crippen LogP contribution in [0, 0.1) is 5.82 Å². The Labute approximate surface area is 125 Å². The number of hydrogen-bond acceptors (Lipinski definition) is 2. The highest BCUT2D eigenvalue weighted by Gasteiger charge is 2.23. The van der Waals surface area contributed by atoms with E-state index in [0.29, 0.717) is 0 Å². The molecule has 0 saturated carbocycles.